The average molecular weight is 379 g/mol. The SMILES string of the molecule is O=C(COc1ccc(Br)cc1Br)N1CCOC1=O. The van der Waals surface area contributed by atoms with Gasteiger partial charge in [0.1, 0.15) is 12.4 Å². The fourth-order valence-corrected chi connectivity index (χ4v) is 2.59. The summed E-state index contributed by atoms with van der Waals surface area (Å²) in [4.78, 5) is 23.9. The summed E-state index contributed by atoms with van der Waals surface area (Å²) in [5, 5.41) is 0. The third kappa shape index (κ3) is 3.02. The van der Waals surface area contributed by atoms with E-state index in [0.717, 1.165) is 13.8 Å². The topological polar surface area (TPSA) is 55.8 Å². The number of rotatable bonds is 3. The van der Waals surface area contributed by atoms with E-state index in [-0.39, 0.29) is 19.8 Å². The highest BCUT2D eigenvalue weighted by molar-refractivity contribution is 9.11. The average Bonchev–Trinajstić information content (AvgIpc) is 2.74. The Morgan fingerprint density at radius 3 is 2.83 bits per heavy atom. The molecule has 0 aliphatic carbocycles. The number of halogens is 2. The summed E-state index contributed by atoms with van der Waals surface area (Å²) in [6.45, 7) is 0.324. The Kier molecular flexibility index (Phi) is 4.23. The summed E-state index contributed by atoms with van der Waals surface area (Å²) in [5.74, 6) is 0.131. The molecule has 0 saturated carbocycles. The molecule has 1 aromatic carbocycles. The summed E-state index contributed by atoms with van der Waals surface area (Å²) in [6.07, 6.45) is -0.613. The van der Waals surface area contributed by atoms with E-state index in [0.29, 0.717) is 5.75 Å². The quantitative estimate of drug-likeness (QED) is 0.811. The van der Waals surface area contributed by atoms with Crippen LogP contribution in [0, 0.1) is 0 Å². The zero-order valence-electron chi connectivity index (χ0n) is 9.19. The first-order valence-corrected chi connectivity index (χ1v) is 6.71. The number of carbonyl (C=O) groups is 2. The van der Waals surface area contributed by atoms with Gasteiger partial charge in [0.05, 0.1) is 11.0 Å². The largest absolute Gasteiger partial charge is 0.483 e. The Bertz CT molecular complexity index is 492. The van der Waals surface area contributed by atoms with Gasteiger partial charge in [-0.15, -0.1) is 0 Å². The monoisotopic (exact) mass is 377 g/mol. The minimum absolute atomic E-state index is 0.199. The number of hydrogen-bond donors (Lipinski definition) is 0. The Morgan fingerprint density at radius 2 is 2.22 bits per heavy atom. The fourth-order valence-electron chi connectivity index (χ4n) is 1.43. The van der Waals surface area contributed by atoms with Gasteiger partial charge in [0.15, 0.2) is 6.61 Å². The van der Waals surface area contributed by atoms with E-state index in [4.69, 9.17) is 4.74 Å². The number of hydrogen-bond acceptors (Lipinski definition) is 4. The van der Waals surface area contributed by atoms with Crippen molar-refractivity contribution in [2.75, 3.05) is 19.8 Å². The number of cyclic esters (lactones) is 1. The number of ether oxygens (including phenoxy) is 2. The zero-order chi connectivity index (χ0) is 13.1. The molecule has 0 atom stereocenters. The van der Waals surface area contributed by atoms with Crippen molar-refractivity contribution in [1.82, 2.24) is 4.90 Å². The highest BCUT2D eigenvalue weighted by Crippen LogP contribution is 2.28. The third-order valence-corrected chi connectivity index (χ3v) is 3.42. The minimum Gasteiger partial charge on any atom is -0.483 e. The van der Waals surface area contributed by atoms with Crippen LogP contribution in [-0.2, 0) is 9.53 Å². The van der Waals surface area contributed by atoms with Gasteiger partial charge in [-0.2, -0.15) is 0 Å². The predicted molar refractivity (Wildman–Crippen MR) is 70.4 cm³/mol. The number of benzene rings is 1. The molecule has 2 amide bonds. The molecule has 0 bridgehead atoms. The van der Waals surface area contributed by atoms with E-state index < -0.39 is 12.0 Å². The first-order chi connectivity index (χ1) is 8.58. The number of amides is 2. The Labute approximate surface area is 120 Å². The first kappa shape index (κ1) is 13.4. The maximum absolute atomic E-state index is 11.7. The number of nitrogens with zero attached hydrogens (tertiary/aromatic N) is 1. The van der Waals surface area contributed by atoms with Crippen molar-refractivity contribution in [2.45, 2.75) is 0 Å². The minimum atomic E-state index is -0.613. The molecule has 18 heavy (non-hydrogen) atoms. The van der Waals surface area contributed by atoms with Crippen LogP contribution in [0.2, 0.25) is 0 Å². The van der Waals surface area contributed by atoms with E-state index in [9.17, 15) is 9.59 Å². The molecule has 7 heteroatoms. The molecule has 0 radical (unpaired) electrons. The van der Waals surface area contributed by atoms with Gasteiger partial charge in [-0.05, 0) is 34.1 Å². The molecule has 1 aromatic rings. The summed E-state index contributed by atoms with van der Waals surface area (Å²) in [7, 11) is 0. The molecular weight excluding hydrogens is 370 g/mol. The summed E-state index contributed by atoms with van der Waals surface area (Å²) in [6, 6.07) is 5.34. The van der Waals surface area contributed by atoms with Crippen molar-refractivity contribution in [3.63, 3.8) is 0 Å². The van der Waals surface area contributed by atoms with Gasteiger partial charge in [0, 0.05) is 4.47 Å². The molecule has 0 spiro atoms. The van der Waals surface area contributed by atoms with Gasteiger partial charge in [-0.25, -0.2) is 9.69 Å². The van der Waals surface area contributed by atoms with Crippen LogP contribution in [-0.4, -0.2) is 36.7 Å². The maximum Gasteiger partial charge on any atom is 0.416 e. The van der Waals surface area contributed by atoms with Crippen molar-refractivity contribution in [2.24, 2.45) is 0 Å². The van der Waals surface area contributed by atoms with Crippen LogP contribution in [0.1, 0.15) is 0 Å². The predicted octanol–water partition coefficient (Wildman–Crippen LogP) is 2.57. The number of imide groups is 1. The Balaban J connectivity index is 1.95. The van der Waals surface area contributed by atoms with Gasteiger partial charge < -0.3 is 9.47 Å². The lowest BCUT2D eigenvalue weighted by molar-refractivity contribution is -0.129. The van der Waals surface area contributed by atoms with Crippen LogP contribution in [0.5, 0.6) is 5.75 Å². The second-order valence-corrected chi connectivity index (χ2v) is 5.29. The van der Waals surface area contributed by atoms with E-state index >= 15 is 0 Å². The maximum atomic E-state index is 11.7. The second-order valence-electron chi connectivity index (χ2n) is 3.52. The van der Waals surface area contributed by atoms with Crippen molar-refractivity contribution < 1.29 is 19.1 Å². The number of carbonyl (C=O) groups excluding carboxylic acids is 2. The fraction of sp³-hybridized carbons (Fsp3) is 0.273. The molecule has 1 aliphatic rings. The molecule has 96 valence electrons. The molecule has 1 heterocycles. The standard InChI is InChI=1S/C11H9Br2NO4/c12-7-1-2-9(8(13)5-7)18-6-10(15)14-3-4-17-11(14)16/h1-2,5H,3-4,6H2. The third-order valence-electron chi connectivity index (χ3n) is 2.31. The summed E-state index contributed by atoms with van der Waals surface area (Å²) < 4.78 is 11.7. The van der Waals surface area contributed by atoms with Crippen molar-refractivity contribution in [1.29, 1.82) is 0 Å². The molecular formula is C11H9Br2NO4. The van der Waals surface area contributed by atoms with Crippen LogP contribution in [0.3, 0.4) is 0 Å². The van der Waals surface area contributed by atoms with Gasteiger partial charge in [0.25, 0.3) is 5.91 Å². The highest BCUT2D eigenvalue weighted by atomic mass is 79.9. The second kappa shape index (κ2) is 5.71. The molecule has 0 unspecified atom stereocenters. The lowest BCUT2D eigenvalue weighted by atomic mass is 10.3. The summed E-state index contributed by atoms with van der Waals surface area (Å²) in [5.41, 5.74) is 0. The first-order valence-electron chi connectivity index (χ1n) is 5.13. The van der Waals surface area contributed by atoms with Crippen molar-refractivity contribution in [3.8, 4) is 5.75 Å². The van der Waals surface area contributed by atoms with Crippen molar-refractivity contribution >= 4 is 43.9 Å². The van der Waals surface area contributed by atoms with Gasteiger partial charge >= 0.3 is 6.09 Å². The normalized spacial score (nSPS) is 14.6. The molecule has 0 aromatic heterocycles. The van der Waals surface area contributed by atoms with Gasteiger partial charge in [-0.1, -0.05) is 15.9 Å². The smallest absolute Gasteiger partial charge is 0.416 e. The van der Waals surface area contributed by atoms with Crippen LogP contribution in [0.4, 0.5) is 4.79 Å². The molecule has 0 N–H and O–H groups in total. The van der Waals surface area contributed by atoms with Gasteiger partial charge in [-0.3, -0.25) is 4.79 Å². The van der Waals surface area contributed by atoms with Crippen LogP contribution < -0.4 is 4.74 Å². The van der Waals surface area contributed by atoms with Crippen LogP contribution in [0.15, 0.2) is 27.1 Å². The lowest BCUT2D eigenvalue weighted by Crippen LogP contribution is -2.35. The van der Waals surface area contributed by atoms with Crippen LogP contribution >= 0.6 is 31.9 Å². The molecule has 1 fully saturated rings. The highest BCUT2D eigenvalue weighted by Gasteiger charge is 2.28. The lowest BCUT2D eigenvalue weighted by Gasteiger charge is -2.12. The van der Waals surface area contributed by atoms with Crippen LogP contribution in [0.25, 0.3) is 0 Å². The van der Waals surface area contributed by atoms with E-state index in [1.807, 2.05) is 6.07 Å². The molecule has 1 saturated heterocycles. The molecule has 2 rings (SSSR count). The Morgan fingerprint density at radius 1 is 1.44 bits per heavy atom. The molecule has 1 aliphatic heterocycles. The Hall–Kier alpha value is -1.08. The molecule has 5 nitrogen and oxygen atoms in total. The van der Waals surface area contributed by atoms with E-state index in [2.05, 4.69) is 36.6 Å². The van der Waals surface area contributed by atoms with E-state index in [1.165, 1.54) is 0 Å². The summed E-state index contributed by atoms with van der Waals surface area (Å²) >= 11 is 6.64. The van der Waals surface area contributed by atoms with Gasteiger partial charge in [0.2, 0.25) is 0 Å². The van der Waals surface area contributed by atoms with E-state index in [1.54, 1.807) is 12.1 Å². The van der Waals surface area contributed by atoms with Crippen molar-refractivity contribution in [3.05, 3.63) is 27.1 Å². The zero-order valence-corrected chi connectivity index (χ0v) is 12.4.